The summed E-state index contributed by atoms with van der Waals surface area (Å²) in [6.45, 7) is 6.90. The number of amides is 1. The van der Waals surface area contributed by atoms with E-state index in [9.17, 15) is 4.79 Å². The van der Waals surface area contributed by atoms with Gasteiger partial charge in [-0.25, -0.2) is 0 Å². The van der Waals surface area contributed by atoms with E-state index in [-0.39, 0.29) is 17.9 Å². The van der Waals surface area contributed by atoms with E-state index >= 15 is 0 Å². The fourth-order valence-electron chi connectivity index (χ4n) is 4.33. The number of hydrogen-bond donors (Lipinski definition) is 1. The van der Waals surface area contributed by atoms with Crippen molar-refractivity contribution in [3.63, 3.8) is 0 Å². The molecular weight excluding hydrogens is 432 g/mol. The molecule has 9 nitrogen and oxygen atoms in total. The third-order valence-electron chi connectivity index (χ3n) is 6.19. The van der Waals surface area contributed by atoms with Crippen molar-refractivity contribution in [2.75, 3.05) is 33.9 Å². The summed E-state index contributed by atoms with van der Waals surface area (Å²) in [4.78, 5) is 17.0. The Labute approximate surface area is 200 Å². The first-order valence-electron chi connectivity index (χ1n) is 11.7. The summed E-state index contributed by atoms with van der Waals surface area (Å²) in [6, 6.07) is 13.4. The summed E-state index contributed by atoms with van der Waals surface area (Å²) in [5, 5.41) is 15.7. The van der Waals surface area contributed by atoms with Gasteiger partial charge in [-0.3, -0.25) is 4.79 Å². The van der Waals surface area contributed by atoms with Crippen molar-refractivity contribution < 1.29 is 14.3 Å². The molecule has 9 heteroatoms. The van der Waals surface area contributed by atoms with E-state index in [0.29, 0.717) is 30.3 Å². The molecule has 4 rings (SSSR count). The van der Waals surface area contributed by atoms with E-state index < -0.39 is 0 Å². The van der Waals surface area contributed by atoms with Crippen LogP contribution in [0.3, 0.4) is 0 Å². The number of nitrogens with zero attached hydrogens (tertiary/aromatic N) is 5. The summed E-state index contributed by atoms with van der Waals surface area (Å²) >= 11 is 0. The Hall–Kier alpha value is -3.46. The van der Waals surface area contributed by atoms with Crippen molar-refractivity contribution in [3.8, 4) is 22.9 Å². The van der Waals surface area contributed by atoms with Crippen LogP contribution in [0.4, 0.5) is 0 Å². The van der Waals surface area contributed by atoms with Crippen LogP contribution in [0.2, 0.25) is 0 Å². The van der Waals surface area contributed by atoms with Crippen molar-refractivity contribution in [1.82, 2.24) is 30.4 Å². The van der Waals surface area contributed by atoms with Crippen molar-refractivity contribution >= 4 is 5.91 Å². The second-order valence-corrected chi connectivity index (χ2v) is 8.46. The summed E-state index contributed by atoms with van der Waals surface area (Å²) in [5.41, 5.74) is 2.56. The van der Waals surface area contributed by atoms with E-state index in [1.807, 2.05) is 50.2 Å². The lowest BCUT2D eigenvalue weighted by Crippen LogP contribution is -2.48. The lowest BCUT2D eigenvalue weighted by atomic mass is 9.85. The molecule has 1 aromatic heterocycles. The van der Waals surface area contributed by atoms with Gasteiger partial charge >= 0.3 is 0 Å². The maximum Gasteiger partial charge on any atom is 0.251 e. The number of methoxy groups -OCH3 is 1. The SMILES string of the molecule is CCOc1cc(C2CN(C)CCC2NC(=O)c2ccc(-c3nnn(CC)n3)cc2)ccc1OC. The number of nitrogens with one attached hydrogen (secondary N) is 1. The number of piperidine rings is 1. The van der Waals surface area contributed by atoms with Crippen molar-refractivity contribution in [1.29, 1.82) is 0 Å². The van der Waals surface area contributed by atoms with Crippen molar-refractivity contribution in [2.45, 2.75) is 38.8 Å². The molecule has 34 heavy (non-hydrogen) atoms. The molecule has 2 atom stereocenters. The third kappa shape index (κ3) is 5.20. The average Bonchev–Trinajstić information content (AvgIpc) is 3.35. The molecule has 3 aromatic rings. The van der Waals surface area contributed by atoms with Crippen LogP contribution < -0.4 is 14.8 Å². The normalized spacial score (nSPS) is 18.5. The lowest BCUT2D eigenvalue weighted by molar-refractivity contribution is 0.0904. The molecule has 1 fully saturated rings. The van der Waals surface area contributed by atoms with Crippen LogP contribution in [-0.4, -0.2) is 70.9 Å². The van der Waals surface area contributed by atoms with Crippen LogP contribution in [0.25, 0.3) is 11.4 Å². The van der Waals surface area contributed by atoms with Gasteiger partial charge in [-0.1, -0.05) is 18.2 Å². The largest absolute Gasteiger partial charge is 0.493 e. The number of carbonyl (C=O) groups is 1. The Morgan fingerprint density at radius 3 is 2.62 bits per heavy atom. The minimum Gasteiger partial charge on any atom is -0.493 e. The summed E-state index contributed by atoms with van der Waals surface area (Å²) in [6.07, 6.45) is 0.866. The number of aromatic nitrogens is 4. The van der Waals surface area contributed by atoms with Gasteiger partial charge in [0.05, 0.1) is 20.3 Å². The van der Waals surface area contributed by atoms with E-state index in [1.165, 1.54) is 4.80 Å². The molecule has 2 unspecified atom stereocenters. The Kier molecular flexibility index (Phi) is 7.42. The monoisotopic (exact) mass is 464 g/mol. The summed E-state index contributed by atoms with van der Waals surface area (Å²) in [7, 11) is 3.75. The van der Waals surface area contributed by atoms with Gasteiger partial charge in [0.15, 0.2) is 11.5 Å². The van der Waals surface area contributed by atoms with Gasteiger partial charge in [-0.2, -0.15) is 4.80 Å². The fraction of sp³-hybridized carbons (Fsp3) is 0.440. The Morgan fingerprint density at radius 1 is 1.15 bits per heavy atom. The molecule has 0 spiro atoms. The second-order valence-electron chi connectivity index (χ2n) is 8.46. The molecule has 2 heterocycles. The van der Waals surface area contributed by atoms with Gasteiger partial charge in [0.1, 0.15) is 0 Å². The average molecular weight is 465 g/mol. The maximum absolute atomic E-state index is 13.1. The number of likely N-dealkylation sites (N-methyl/N-ethyl adjacent to an activating group) is 1. The highest BCUT2D eigenvalue weighted by atomic mass is 16.5. The minimum atomic E-state index is -0.0881. The highest BCUT2D eigenvalue weighted by molar-refractivity contribution is 5.94. The summed E-state index contributed by atoms with van der Waals surface area (Å²) in [5.74, 6) is 2.04. The highest BCUT2D eigenvalue weighted by Gasteiger charge is 2.31. The van der Waals surface area contributed by atoms with Crippen molar-refractivity contribution in [3.05, 3.63) is 53.6 Å². The first-order chi connectivity index (χ1) is 16.5. The number of aryl methyl sites for hydroxylation is 1. The van der Waals surface area contributed by atoms with Crippen molar-refractivity contribution in [2.24, 2.45) is 0 Å². The number of likely N-dealkylation sites (tertiary alicyclic amines) is 1. The molecular formula is C25H32N6O3. The number of benzene rings is 2. The predicted octanol–water partition coefficient (Wildman–Crippen LogP) is 2.99. The zero-order chi connectivity index (χ0) is 24.1. The fourth-order valence-corrected chi connectivity index (χ4v) is 4.33. The van der Waals surface area contributed by atoms with Gasteiger partial charge in [0.25, 0.3) is 5.91 Å². The van der Waals surface area contributed by atoms with Crippen LogP contribution in [0.5, 0.6) is 11.5 Å². The first-order valence-corrected chi connectivity index (χ1v) is 11.7. The zero-order valence-corrected chi connectivity index (χ0v) is 20.2. The molecule has 180 valence electrons. The van der Waals surface area contributed by atoms with E-state index in [1.54, 1.807) is 7.11 Å². The molecule has 1 aliphatic heterocycles. The van der Waals surface area contributed by atoms with Gasteiger partial charge in [0.2, 0.25) is 5.82 Å². The van der Waals surface area contributed by atoms with Crippen LogP contribution >= 0.6 is 0 Å². The van der Waals surface area contributed by atoms with Gasteiger partial charge in [-0.05, 0) is 68.9 Å². The van der Waals surface area contributed by atoms with Crippen LogP contribution in [-0.2, 0) is 6.54 Å². The minimum absolute atomic E-state index is 0.0115. The van der Waals surface area contributed by atoms with E-state index in [2.05, 4.69) is 38.7 Å². The number of carbonyl (C=O) groups excluding carboxylic acids is 1. The Morgan fingerprint density at radius 2 is 1.94 bits per heavy atom. The Balaban J connectivity index is 1.51. The van der Waals surface area contributed by atoms with Crippen LogP contribution in [0.15, 0.2) is 42.5 Å². The number of tetrazole rings is 1. The molecule has 0 saturated carbocycles. The lowest BCUT2D eigenvalue weighted by Gasteiger charge is -2.37. The molecule has 1 aliphatic rings. The van der Waals surface area contributed by atoms with Gasteiger partial charge in [-0.15, -0.1) is 10.2 Å². The topological polar surface area (TPSA) is 94.4 Å². The molecule has 1 amide bonds. The number of hydrogen-bond acceptors (Lipinski definition) is 7. The zero-order valence-electron chi connectivity index (χ0n) is 20.2. The molecule has 1 saturated heterocycles. The van der Waals surface area contributed by atoms with Crippen LogP contribution in [0, 0.1) is 0 Å². The first kappa shape index (κ1) is 23.7. The molecule has 0 radical (unpaired) electrons. The van der Waals surface area contributed by atoms with Gasteiger partial charge in [0, 0.05) is 29.6 Å². The number of ether oxygens (including phenoxy) is 2. The third-order valence-corrected chi connectivity index (χ3v) is 6.19. The molecule has 0 aliphatic carbocycles. The Bertz CT molecular complexity index is 1110. The van der Waals surface area contributed by atoms with Gasteiger partial charge < -0.3 is 19.7 Å². The smallest absolute Gasteiger partial charge is 0.251 e. The standard InChI is InChI=1S/C25H32N6O3/c1-5-31-28-24(27-29-31)17-7-9-18(10-8-17)25(32)26-21-13-14-30(3)16-20(21)19-11-12-22(33-4)23(15-19)34-6-2/h7-12,15,20-21H,5-6,13-14,16H2,1-4H3,(H,26,32). The maximum atomic E-state index is 13.1. The molecule has 1 N–H and O–H groups in total. The second kappa shape index (κ2) is 10.6. The van der Waals surface area contributed by atoms with E-state index in [4.69, 9.17) is 9.47 Å². The molecule has 2 aromatic carbocycles. The highest BCUT2D eigenvalue weighted by Crippen LogP contribution is 2.34. The summed E-state index contributed by atoms with van der Waals surface area (Å²) < 4.78 is 11.2. The number of rotatable bonds is 8. The van der Waals surface area contributed by atoms with Crippen LogP contribution in [0.1, 0.15) is 42.1 Å². The predicted molar refractivity (Wildman–Crippen MR) is 129 cm³/mol. The molecule has 0 bridgehead atoms. The quantitative estimate of drug-likeness (QED) is 0.548. The van der Waals surface area contributed by atoms with E-state index in [0.717, 1.165) is 36.4 Å².